The summed E-state index contributed by atoms with van der Waals surface area (Å²) in [6.07, 6.45) is 2.77. The van der Waals surface area contributed by atoms with Gasteiger partial charge in [0.2, 0.25) is 0 Å². The zero-order valence-electron chi connectivity index (χ0n) is 9.54. The lowest BCUT2D eigenvalue weighted by atomic mass is 10.1. The number of benzene rings is 1. The summed E-state index contributed by atoms with van der Waals surface area (Å²) in [6.45, 7) is 1.69. The average molecular weight is 246 g/mol. The summed E-state index contributed by atoms with van der Waals surface area (Å²) in [5.41, 5.74) is 2.85. The molecule has 1 N–H and O–H groups in total. The maximum Gasteiger partial charge on any atom is 0.159 e. The normalized spacial score (nSPS) is 12.4. The van der Waals surface area contributed by atoms with Crippen molar-refractivity contribution in [1.29, 1.82) is 0 Å². The number of nitrogens with zero attached hydrogens (tertiary/aromatic N) is 2. The molecule has 17 heavy (non-hydrogen) atoms. The Kier molecular flexibility index (Phi) is 3.76. The van der Waals surface area contributed by atoms with Crippen molar-refractivity contribution in [3.05, 3.63) is 47.8 Å². The van der Waals surface area contributed by atoms with Crippen LogP contribution in [-0.4, -0.2) is 15.1 Å². The molecule has 1 unspecified atom stereocenters. The van der Waals surface area contributed by atoms with Crippen LogP contribution in [0.4, 0.5) is 0 Å². The highest BCUT2D eigenvalue weighted by atomic mass is 32.1. The molecule has 2 rings (SSSR count). The van der Waals surface area contributed by atoms with Crippen molar-refractivity contribution in [3.8, 4) is 11.4 Å². The third-order valence-corrected chi connectivity index (χ3v) is 2.91. The minimum Gasteiger partial charge on any atom is -0.389 e. The minimum absolute atomic E-state index is 0.532. The fourth-order valence-electron chi connectivity index (χ4n) is 1.46. The van der Waals surface area contributed by atoms with Crippen LogP contribution < -0.4 is 0 Å². The van der Waals surface area contributed by atoms with Gasteiger partial charge in [0.25, 0.3) is 0 Å². The molecule has 1 heterocycles. The zero-order valence-corrected chi connectivity index (χ0v) is 10.4. The number of thiol groups is 1. The smallest absolute Gasteiger partial charge is 0.159 e. The van der Waals surface area contributed by atoms with Gasteiger partial charge in [0.15, 0.2) is 5.82 Å². The molecular weight excluding hydrogens is 232 g/mol. The Morgan fingerprint density at radius 2 is 1.76 bits per heavy atom. The Hall–Kier alpha value is -1.39. The molecule has 0 aliphatic rings. The van der Waals surface area contributed by atoms with E-state index in [-0.39, 0.29) is 0 Å². The number of aromatic nitrogens is 2. The second kappa shape index (κ2) is 5.29. The summed E-state index contributed by atoms with van der Waals surface area (Å²) in [4.78, 5) is 8.47. The number of aliphatic hydroxyl groups excluding tert-OH is 1. The number of rotatable bonds is 3. The van der Waals surface area contributed by atoms with Gasteiger partial charge in [0.05, 0.1) is 6.10 Å². The number of hydrogen-bond acceptors (Lipinski definition) is 4. The van der Waals surface area contributed by atoms with Crippen LogP contribution in [0, 0.1) is 0 Å². The molecule has 1 atom stereocenters. The first kappa shape index (κ1) is 12.1. The van der Waals surface area contributed by atoms with E-state index in [2.05, 4.69) is 22.6 Å². The van der Waals surface area contributed by atoms with E-state index in [9.17, 15) is 5.11 Å². The Morgan fingerprint density at radius 1 is 1.18 bits per heavy atom. The standard InChI is InChI=1S/C13H14N2OS/c1-9(16)12-6-14-13(15-7-12)11-4-2-10(8-17)3-5-11/h2-7,9,16-17H,8H2,1H3. The summed E-state index contributed by atoms with van der Waals surface area (Å²) in [5, 5.41) is 9.36. The molecule has 2 aromatic rings. The maximum atomic E-state index is 9.36. The molecular formula is C13H14N2OS. The van der Waals surface area contributed by atoms with Crippen molar-refractivity contribution in [2.45, 2.75) is 18.8 Å². The van der Waals surface area contributed by atoms with E-state index in [4.69, 9.17) is 0 Å². The van der Waals surface area contributed by atoms with Gasteiger partial charge < -0.3 is 5.11 Å². The van der Waals surface area contributed by atoms with E-state index in [1.807, 2.05) is 24.3 Å². The molecule has 0 radical (unpaired) electrons. The quantitative estimate of drug-likeness (QED) is 0.818. The minimum atomic E-state index is -0.532. The first-order valence-electron chi connectivity index (χ1n) is 5.41. The lowest BCUT2D eigenvalue weighted by molar-refractivity contribution is 0.198. The molecule has 0 fully saturated rings. The van der Waals surface area contributed by atoms with Gasteiger partial charge in [-0.1, -0.05) is 24.3 Å². The second-order valence-corrected chi connectivity index (χ2v) is 4.19. The summed E-state index contributed by atoms with van der Waals surface area (Å²) >= 11 is 4.21. The molecule has 3 nitrogen and oxygen atoms in total. The predicted octanol–water partition coefficient (Wildman–Crippen LogP) is 2.63. The van der Waals surface area contributed by atoms with Gasteiger partial charge in [0.1, 0.15) is 0 Å². The fraction of sp³-hybridized carbons (Fsp3) is 0.231. The summed E-state index contributed by atoms with van der Waals surface area (Å²) in [5.74, 6) is 1.39. The predicted molar refractivity (Wildman–Crippen MR) is 70.8 cm³/mol. The summed E-state index contributed by atoms with van der Waals surface area (Å²) in [7, 11) is 0. The molecule has 0 saturated carbocycles. The van der Waals surface area contributed by atoms with Crippen molar-refractivity contribution >= 4 is 12.6 Å². The van der Waals surface area contributed by atoms with Gasteiger partial charge in [-0.2, -0.15) is 12.6 Å². The average Bonchev–Trinajstić information content (AvgIpc) is 2.39. The monoisotopic (exact) mass is 246 g/mol. The van der Waals surface area contributed by atoms with Crippen LogP contribution in [-0.2, 0) is 5.75 Å². The third-order valence-electron chi connectivity index (χ3n) is 2.55. The largest absolute Gasteiger partial charge is 0.389 e. The van der Waals surface area contributed by atoms with Crippen LogP contribution in [0.3, 0.4) is 0 Å². The lowest BCUT2D eigenvalue weighted by Crippen LogP contribution is -1.96. The van der Waals surface area contributed by atoms with E-state index < -0.39 is 6.10 Å². The van der Waals surface area contributed by atoms with Crippen molar-refractivity contribution in [3.63, 3.8) is 0 Å². The van der Waals surface area contributed by atoms with E-state index in [0.717, 1.165) is 22.4 Å². The van der Waals surface area contributed by atoms with Crippen LogP contribution in [0.2, 0.25) is 0 Å². The van der Waals surface area contributed by atoms with Gasteiger partial charge in [0, 0.05) is 29.3 Å². The highest BCUT2D eigenvalue weighted by Gasteiger charge is 2.04. The van der Waals surface area contributed by atoms with E-state index in [0.29, 0.717) is 5.82 Å². The topological polar surface area (TPSA) is 46.0 Å². The first-order valence-corrected chi connectivity index (χ1v) is 6.04. The van der Waals surface area contributed by atoms with E-state index >= 15 is 0 Å². The Bertz CT molecular complexity index is 480. The van der Waals surface area contributed by atoms with Crippen LogP contribution in [0.15, 0.2) is 36.7 Å². The Morgan fingerprint density at radius 3 is 2.24 bits per heavy atom. The molecule has 1 aromatic heterocycles. The van der Waals surface area contributed by atoms with Crippen molar-refractivity contribution in [1.82, 2.24) is 9.97 Å². The van der Waals surface area contributed by atoms with Crippen LogP contribution >= 0.6 is 12.6 Å². The molecule has 0 saturated heterocycles. The first-order chi connectivity index (χ1) is 8.20. The fourth-order valence-corrected chi connectivity index (χ4v) is 1.67. The van der Waals surface area contributed by atoms with Gasteiger partial charge in [-0.25, -0.2) is 9.97 Å². The zero-order chi connectivity index (χ0) is 12.3. The van der Waals surface area contributed by atoms with Crippen LogP contribution in [0.25, 0.3) is 11.4 Å². The molecule has 1 aromatic carbocycles. The van der Waals surface area contributed by atoms with E-state index in [1.54, 1.807) is 19.3 Å². The molecule has 0 amide bonds. The number of hydrogen-bond donors (Lipinski definition) is 2. The number of aliphatic hydroxyl groups is 1. The molecule has 0 aliphatic heterocycles. The van der Waals surface area contributed by atoms with Crippen LogP contribution in [0.5, 0.6) is 0 Å². The Balaban J connectivity index is 2.26. The van der Waals surface area contributed by atoms with Crippen molar-refractivity contribution in [2.24, 2.45) is 0 Å². The molecule has 0 aliphatic carbocycles. The van der Waals surface area contributed by atoms with E-state index in [1.165, 1.54) is 0 Å². The van der Waals surface area contributed by atoms with Crippen molar-refractivity contribution in [2.75, 3.05) is 0 Å². The maximum absolute atomic E-state index is 9.36. The SMILES string of the molecule is CC(O)c1cnc(-c2ccc(CS)cc2)nc1. The summed E-state index contributed by atoms with van der Waals surface area (Å²) in [6, 6.07) is 7.97. The van der Waals surface area contributed by atoms with Gasteiger partial charge >= 0.3 is 0 Å². The molecule has 0 bridgehead atoms. The second-order valence-electron chi connectivity index (χ2n) is 3.87. The van der Waals surface area contributed by atoms with Crippen LogP contribution in [0.1, 0.15) is 24.2 Å². The van der Waals surface area contributed by atoms with Crippen molar-refractivity contribution < 1.29 is 5.11 Å². The van der Waals surface area contributed by atoms with Gasteiger partial charge in [-0.15, -0.1) is 0 Å². The highest BCUT2D eigenvalue weighted by Crippen LogP contribution is 2.17. The third kappa shape index (κ3) is 2.84. The Labute approximate surface area is 106 Å². The summed E-state index contributed by atoms with van der Waals surface area (Å²) < 4.78 is 0. The molecule has 0 spiro atoms. The molecule has 88 valence electrons. The highest BCUT2D eigenvalue weighted by molar-refractivity contribution is 7.79. The van der Waals surface area contributed by atoms with Gasteiger partial charge in [-0.3, -0.25) is 0 Å². The van der Waals surface area contributed by atoms with Gasteiger partial charge in [-0.05, 0) is 12.5 Å². The lowest BCUT2D eigenvalue weighted by Gasteiger charge is -2.05. The molecule has 4 heteroatoms.